The van der Waals surface area contributed by atoms with Gasteiger partial charge < -0.3 is 14.9 Å². The highest BCUT2D eigenvalue weighted by atomic mass is 16.6. The molecule has 20 heavy (non-hydrogen) atoms. The Balaban J connectivity index is 2.18. The maximum atomic E-state index is 12.4. The Labute approximate surface area is 117 Å². The molecule has 0 radical (unpaired) electrons. The van der Waals surface area contributed by atoms with E-state index in [0.29, 0.717) is 12.8 Å². The third-order valence-electron chi connectivity index (χ3n) is 5.78. The van der Waals surface area contributed by atoms with Crippen LogP contribution in [0.5, 0.6) is 0 Å². The van der Waals surface area contributed by atoms with Crippen LogP contribution in [0.25, 0.3) is 0 Å². The molecule has 3 aliphatic rings. The topological polar surface area (TPSA) is 83.8 Å². The number of fused-ring (bicyclic) bond motifs is 3. The van der Waals surface area contributed by atoms with Crippen LogP contribution in [-0.4, -0.2) is 39.3 Å². The van der Waals surface area contributed by atoms with Crippen molar-refractivity contribution in [2.24, 2.45) is 17.3 Å². The summed E-state index contributed by atoms with van der Waals surface area (Å²) in [5.41, 5.74) is -4.46. The lowest BCUT2D eigenvalue weighted by molar-refractivity contribution is -0.196. The van der Waals surface area contributed by atoms with Gasteiger partial charge in [-0.25, -0.2) is 0 Å². The molecule has 5 heteroatoms. The van der Waals surface area contributed by atoms with E-state index in [1.54, 1.807) is 20.8 Å². The number of ketones is 1. The normalized spacial score (nSPS) is 54.4. The van der Waals surface area contributed by atoms with Crippen molar-refractivity contribution in [1.82, 2.24) is 0 Å². The van der Waals surface area contributed by atoms with Gasteiger partial charge >= 0.3 is 5.97 Å². The van der Waals surface area contributed by atoms with Crippen LogP contribution in [0, 0.1) is 17.3 Å². The smallest absolute Gasteiger partial charge is 0.309 e. The summed E-state index contributed by atoms with van der Waals surface area (Å²) in [5.74, 6) is -1.09. The molecule has 3 rings (SSSR count). The van der Waals surface area contributed by atoms with Crippen molar-refractivity contribution in [3.8, 4) is 0 Å². The molecule has 0 aromatic carbocycles. The Morgan fingerprint density at radius 2 is 1.95 bits per heavy atom. The predicted molar refractivity (Wildman–Crippen MR) is 69.6 cm³/mol. The maximum absolute atomic E-state index is 12.4. The van der Waals surface area contributed by atoms with Gasteiger partial charge in [0, 0.05) is 5.92 Å². The van der Waals surface area contributed by atoms with Crippen molar-refractivity contribution in [3.63, 3.8) is 0 Å². The van der Waals surface area contributed by atoms with Crippen molar-refractivity contribution in [2.45, 2.75) is 50.9 Å². The number of allylic oxidation sites excluding steroid dienone is 1. The molecule has 2 aliphatic carbocycles. The van der Waals surface area contributed by atoms with Crippen LogP contribution in [0.2, 0.25) is 0 Å². The molecule has 5 nitrogen and oxygen atoms in total. The fraction of sp³-hybridized carbons (Fsp3) is 0.733. The molecule has 0 amide bonds. The highest BCUT2D eigenvalue weighted by molar-refractivity contribution is 6.00. The highest BCUT2D eigenvalue weighted by Crippen LogP contribution is 2.57. The number of carbonyl (C=O) groups excluding carboxylic acids is 2. The number of carbonyl (C=O) groups is 2. The van der Waals surface area contributed by atoms with E-state index in [1.807, 2.05) is 0 Å². The Morgan fingerprint density at radius 3 is 2.60 bits per heavy atom. The zero-order valence-electron chi connectivity index (χ0n) is 11.9. The number of hydrogen-bond acceptors (Lipinski definition) is 5. The van der Waals surface area contributed by atoms with Gasteiger partial charge in [-0.15, -0.1) is 0 Å². The minimum absolute atomic E-state index is 0.156. The first-order valence-corrected chi connectivity index (χ1v) is 7.04. The zero-order chi connectivity index (χ0) is 14.9. The van der Waals surface area contributed by atoms with E-state index >= 15 is 0 Å². The summed E-state index contributed by atoms with van der Waals surface area (Å²) in [7, 11) is 0. The van der Waals surface area contributed by atoms with Crippen molar-refractivity contribution < 1.29 is 24.5 Å². The fourth-order valence-corrected chi connectivity index (χ4v) is 4.17. The quantitative estimate of drug-likeness (QED) is 0.634. The summed E-state index contributed by atoms with van der Waals surface area (Å²) in [5, 5.41) is 21.7. The second kappa shape index (κ2) is 3.71. The van der Waals surface area contributed by atoms with Gasteiger partial charge in [0.05, 0.1) is 11.5 Å². The van der Waals surface area contributed by atoms with E-state index in [-0.39, 0.29) is 23.6 Å². The van der Waals surface area contributed by atoms with Crippen LogP contribution >= 0.6 is 0 Å². The first-order valence-electron chi connectivity index (χ1n) is 7.04. The minimum atomic E-state index is -1.71. The van der Waals surface area contributed by atoms with Crippen LogP contribution in [0.1, 0.15) is 33.6 Å². The summed E-state index contributed by atoms with van der Waals surface area (Å²) >= 11 is 0. The lowest BCUT2D eigenvalue weighted by Crippen LogP contribution is -2.63. The van der Waals surface area contributed by atoms with Gasteiger partial charge in [-0.1, -0.05) is 6.92 Å². The average molecular weight is 280 g/mol. The second-order valence-corrected chi connectivity index (χ2v) is 6.79. The lowest BCUT2D eigenvalue weighted by atomic mass is 9.63. The summed E-state index contributed by atoms with van der Waals surface area (Å²) in [4.78, 5) is 24.2. The van der Waals surface area contributed by atoms with Crippen molar-refractivity contribution in [2.75, 3.05) is 0 Å². The van der Waals surface area contributed by atoms with E-state index in [9.17, 15) is 19.8 Å². The van der Waals surface area contributed by atoms with E-state index in [1.165, 1.54) is 12.2 Å². The molecule has 1 aliphatic heterocycles. The molecule has 1 saturated carbocycles. The minimum Gasteiger partial charge on any atom is -0.461 e. The van der Waals surface area contributed by atoms with Gasteiger partial charge in [0.25, 0.3) is 0 Å². The molecule has 1 heterocycles. The number of esters is 1. The van der Waals surface area contributed by atoms with Gasteiger partial charge in [0.2, 0.25) is 0 Å². The first-order chi connectivity index (χ1) is 9.15. The van der Waals surface area contributed by atoms with Gasteiger partial charge in [-0.3, -0.25) is 9.59 Å². The molecule has 2 N–H and O–H groups in total. The van der Waals surface area contributed by atoms with Crippen molar-refractivity contribution in [1.29, 1.82) is 0 Å². The van der Waals surface area contributed by atoms with Crippen molar-refractivity contribution >= 4 is 11.8 Å². The number of aliphatic hydroxyl groups is 2. The van der Waals surface area contributed by atoms with Crippen LogP contribution in [0.4, 0.5) is 0 Å². The van der Waals surface area contributed by atoms with Crippen LogP contribution in [0.15, 0.2) is 12.2 Å². The maximum Gasteiger partial charge on any atom is 0.309 e. The number of hydrogen-bond donors (Lipinski definition) is 2. The Hall–Kier alpha value is -1.20. The van der Waals surface area contributed by atoms with Gasteiger partial charge in [0.15, 0.2) is 5.78 Å². The molecular formula is C15H20O5. The molecule has 0 aromatic rings. The predicted octanol–water partition coefficient (Wildman–Crippen LogP) is 0.585. The largest absolute Gasteiger partial charge is 0.461 e. The van der Waals surface area contributed by atoms with Gasteiger partial charge in [-0.05, 0) is 38.8 Å². The van der Waals surface area contributed by atoms with Crippen LogP contribution in [0.3, 0.4) is 0 Å². The van der Waals surface area contributed by atoms with Gasteiger partial charge in [0.1, 0.15) is 17.1 Å². The number of rotatable bonds is 0. The Bertz CT molecular complexity index is 522. The van der Waals surface area contributed by atoms with E-state index in [2.05, 4.69) is 0 Å². The molecule has 0 bridgehead atoms. The summed E-state index contributed by atoms with van der Waals surface area (Å²) in [6.45, 7) is 4.92. The van der Waals surface area contributed by atoms with Crippen LogP contribution < -0.4 is 0 Å². The zero-order valence-corrected chi connectivity index (χ0v) is 11.9. The molecule has 0 unspecified atom stereocenters. The molecule has 0 aromatic heterocycles. The summed E-state index contributed by atoms with van der Waals surface area (Å²) in [6, 6.07) is 0. The SMILES string of the molecule is C[C@@H]1C(=O)O[C@@H]2[C@H]1CC[C@@](C)(O)[C@]1(O)C=CC(=O)[C@@]21C. The van der Waals surface area contributed by atoms with Crippen LogP contribution in [-0.2, 0) is 14.3 Å². The first kappa shape index (κ1) is 13.8. The molecule has 2 fully saturated rings. The Kier molecular flexibility index (Phi) is 2.55. The average Bonchev–Trinajstić information content (AvgIpc) is 2.77. The van der Waals surface area contributed by atoms with Gasteiger partial charge in [-0.2, -0.15) is 0 Å². The standard InChI is InChI=1S/C15H20O5/c1-8-9-4-6-13(2,18)15(19)7-5-10(16)14(15,3)11(9)20-12(8)17/h5,7-9,11,18-19H,4,6H2,1-3H3/t8-,9-,11+,13+,14-,15+/m0/s1. The monoisotopic (exact) mass is 280 g/mol. The summed E-state index contributed by atoms with van der Waals surface area (Å²) < 4.78 is 5.43. The molecular weight excluding hydrogens is 260 g/mol. The summed E-state index contributed by atoms with van der Waals surface area (Å²) in [6.07, 6.45) is 2.84. The third-order valence-corrected chi connectivity index (χ3v) is 5.78. The lowest BCUT2D eigenvalue weighted by Gasteiger charge is -2.47. The van der Waals surface area contributed by atoms with E-state index < -0.39 is 22.7 Å². The molecule has 1 saturated heterocycles. The van der Waals surface area contributed by atoms with E-state index in [0.717, 1.165) is 0 Å². The van der Waals surface area contributed by atoms with Crippen molar-refractivity contribution in [3.05, 3.63) is 12.2 Å². The molecule has 6 atom stereocenters. The molecule has 0 spiro atoms. The Morgan fingerprint density at radius 1 is 1.30 bits per heavy atom. The third kappa shape index (κ3) is 1.30. The molecule has 110 valence electrons. The second-order valence-electron chi connectivity index (χ2n) is 6.79. The van der Waals surface area contributed by atoms with E-state index in [4.69, 9.17) is 4.74 Å². The highest BCUT2D eigenvalue weighted by Gasteiger charge is 2.71. The fourth-order valence-electron chi connectivity index (χ4n) is 4.17. The number of ether oxygens (including phenoxy) is 1.